The van der Waals surface area contributed by atoms with E-state index in [4.69, 9.17) is 0 Å². The summed E-state index contributed by atoms with van der Waals surface area (Å²) in [5.41, 5.74) is 4.56. The Hall–Kier alpha value is -1.88. The van der Waals surface area contributed by atoms with Crippen LogP contribution in [0.5, 0.6) is 0 Å². The summed E-state index contributed by atoms with van der Waals surface area (Å²) >= 11 is 0. The Balaban J connectivity index is 1.60. The summed E-state index contributed by atoms with van der Waals surface area (Å²) < 4.78 is 0. The monoisotopic (exact) mass is 369 g/mol. The van der Waals surface area contributed by atoms with Gasteiger partial charge >= 0.3 is 0 Å². The lowest BCUT2D eigenvalue weighted by Gasteiger charge is -2.59. The Bertz CT molecular complexity index is 690. The first kappa shape index (κ1) is 18.5. The Morgan fingerprint density at radius 2 is 1.52 bits per heavy atom. The second-order valence-corrected chi connectivity index (χ2v) is 9.42. The lowest BCUT2D eigenvalue weighted by molar-refractivity contribution is -0.138. The van der Waals surface area contributed by atoms with Crippen LogP contribution in [0, 0.1) is 30.1 Å². The molecule has 0 aromatic heterocycles. The van der Waals surface area contributed by atoms with Crippen LogP contribution in [0.1, 0.15) is 54.4 Å². The maximum absolute atomic E-state index is 13.1. The van der Waals surface area contributed by atoms with E-state index in [0.717, 1.165) is 42.6 Å². The SMILES string of the molecule is Cc1ccc(C(=O)NC(C(=O)NN(C)C)C23CC4CC(CC(C4)C2)C3)cc1. The third-order valence-corrected chi connectivity index (χ3v) is 6.88. The standard InChI is InChI=1S/C22H31N3O2/c1-14-4-6-18(7-5-14)20(26)23-19(21(27)24-25(2)3)22-11-15-8-16(12-22)10-17(9-15)13-22/h4-7,15-17,19H,8-13H2,1-3H3,(H,23,26)(H,24,27). The molecule has 2 amide bonds. The number of amides is 2. The third-order valence-electron chi connectivity index (χ3n) is 6.88. The van der Waals surface area contributed by atoms with E-state index in [-0.39, 0.29) is 17.2 Å². The normalized spacial score (nSPS) is 32.4. The molecule has 4 fully saturated rings. The van der Waals surface area contributed by atoms with Crippen LogP contribution >= 0.6 is 0 Å². The van der Waals surface area contributed by atoms with Gasteiger partial charge in [-0.15, -0.1) is 0 Å². The minimum atomic E-state index is -0.470. The van der Waals surface area contributed by atoms with Crippen molar-refractivity contribution in [2.24, 2.45) is 23.2 Å². The molecule has 27 heavy (non-hydrogen) atoms. The number of hydrogen-bond donors (Lipinski definition) is 2. The van der Waals surface area contributed by atoms with Gasteiger partial charge in [0.25, 0.3) is 11.8 Å². The maximum atomic E-state index is 13.1. The van der Waals surface area contributed by atoms with Crippen molar-refractivity contribution in [3.05, 3.63) is 35.4 Å². The van der Waals surface area contributed by atoms with Gasteiger partial charge < -0.3 is 5.32 Å². The zero-order chi connectivity index (χ0) is 19.2. The highest BCUT2D eigenvalue weighted by molar-refractivity contribution is 5.97. The topological polar surface area (TPSA) is 61.4 Å². The summed E-state index contributed by atoms with van der Waals surface area (Å²) in [6.07, 6.45) is 7.14. The third kappa shape index (κ3) is 3.62. The molecule has 1 atom stereocenters. The van der Waals surface area contributed by atoms with Crippen LogP contribution in [0.3, 0.4) is 0 Å². The molecule has 2 N–H and O–H groups in total. The summed E-state index contributed by atoms with van der Waals surface area (Å²) in [6.45, 7) is 2.00. The van der Waals surface area contributed by atoms with E-state index >= 15 is 0 Å². The number of benzene rings is 1. The van der Waals surface area contributed by atoms with Gasteiger partial charge in [0.15, 0.2) is 0 Å². The van der Waals surface area contributed by atoms with E-state index in [9.17, 15) is 9.59 Å². The summed E-state index contributed by atoms with van der Waals surface area (Å²) in [5, 5.41) is 4.81. The highest BCUT2D eigenvalue weighted by atomic mass is 16.2. The average molecular weight is 370 g/mol. The summed E-state index contributed by atoms with van der Waals surface area (Å²) in [4.78, 5) is 26.1. The van der Waals surface area contributed by atoms with Gasteiger partial charge in [-0.2, -0.15) is 0 Å². The van der Waals surface area contributed by atoms with E-state index in [1.54, 1.807) is 5.01 Å². The molecule has 4 bridgehead atoms. The fourth-order valence-corrected chi connectivity index (χ4v) is 6.23. The van der Waals surface area contributed by atoms with Crippen molar-refractivity contribution < 1.29 is 9.59 Å². The van der Waals surface area contributed by atoms with Crippen LogP contribution < -0.4 is 10.7 Å². The van der Waals surface area contributed by atoms with Crippen molar-refractivity contribution in [2.45, 2.75) is 51.5 Å². The van der Waals surface area contributed by atoms with E-state index in [1.807, 2.05) is 45.3 Å². The fraction of sp³-hybridized carbons (Fsp3) is 0.636. The fourth-order valence-electron chi connectivity index (χ4n) is 6.23. The molecule has 5 heteroatoms. The smallest absolute Gasteiger partial charge is 0.257 e. The Morgan fingerprint density at radius 1 is 1.00 bits per heavy atom. The molecule has 0 radical (unpaired) electrons. The van der Waals surface area contributed by atoms with Gasteiger partial charge in [0.05, 0.1) is 0 Å². The molecule has 4 aliphatic rings. The summed E-state index contributed by atoms with van der Waals surface area (Å²) in [7, 11) is 3.63. The largest absolute Gasteiger partial charge is 0.340 e. The molecule has 0 aliphatic heterocycles. The van der Waals surface area contributed by atoms with Crippen LogP contribution in [0.15, 0.2) is 24.3 Å². The molecule has 0 spiro atoms. The number of hydrogen-bond acceptors (Lipinski definition) is 3. The van der Waals surface area contributed by atoms with E-state index in [0.29, 0.717) is 5.56 Å². The van der Waals surface area contributed by atoms with Crippen molar-refractivity contribution in [3.63, 3.8) is 0 Å². The van der Waals surface area contributed by atoms with E-state index in [2.05, 4.69) is 10.7 Å². The number of rotatable bonds is 5. The maximum Gasteiger partial charge on any atom is 0.257 e. The van der Waals surface area contributed by atoms with Crippen LogP contribution in [0.25, 0.3) is 0 Å². The van der Waals surface area contributed by atoms with Gasteiger partial charge in [0.2, 0.25) is 0 Å². The first-order valence-electron chi connectivity index (χ1n) is 10.2. The van der Waals surface area contributed by atoms with Crippen LogP contribution in [0.2, 0.25) is 0 Å². The van der Waals surface area contributed by atoms with Crippen LogP contribution in [-0.4, -0.2) is 37.0 Å². The van der Waals surface area contributed by atoms with Gasteiger partial charge in [0.1, 0.15) is 6.04 Å². The molecule has 0 heterocycles. The average Bonchev–Trinajstić information content (AvgIpc) is 2.58. The molecule has 146 valence electrons. The number of carbonyl (C=O) groups excluding carboxylic acids is 2. The lowest BCUT2D eigenvalue weighted by atomic mass is 9.47. The van der Waals surface area contributed by atoms with Crippen molar-refractivity contribution in [2.75, 3.05) is 14.1 Å². The molecule has 4 saturated carbocycles. The predicted octanol–water partition coefficient (Wildman–Crippen LogP) is 2.90. The zero-order valence-corrected chi connectivity index (χ0v) is 16.6. The lowest BCUT2D eigenvalue weighted by Crippen LogP contribution is -2.63. The zero-order valence-electron chi connectivity index (χ0n) is 16.6. The van der Waals surface area contributed by atoms with Gasteiger partial charge in [-0.1, -0.05) is 17.7 Å². The Morgan fingerprint density at radius 3 is 2.00 bits per heavy atom. The van der Waals surface area contributed by atoms with Gasteiger partial charge in [-0.05, 0) is 75.3 Å². The van der Waals surface area contributed by atoms with Crippen molar-refractivity contribution in [1.82, 2.24) is 15.8 Å². The Kier molecular flexibility index (Phi) is 4.75. The minimum absolute atomic E-state index is 0.0811. The number of hydrazine groups is 1. The number of nitrogens with zero attached hydrogens (tertiary/aromatic N) is 1. The second-order valence-electron chi connectivity index (χ2n) is 9.42. The predicted molar refractivity (Wildman–Crippen MR) is 105 cm³/mol. The van der Waals surface area contributed by atoms with Crippen molar-refractivity contribution in [1.29, 1.82) is 0 Å². The first-order chi connectivity index (χ1) is 12.8. The molecule has 1 aromatic carbocycles. The van der Waals surface area contributed by atoms with Gasteiger partial charge in [-0.25, -0.2) is 5.01 Å². The number of nitrogens with one attached hydrogen (secondary N) is 2. The molecule has 5 rings (SSSR count). The molecule has 1 unspecified atom stereocenters. The highest BCUT2D eigenvalue weighted by Gasteiger charge is 2.56. The quantitative estimate of drug-likeness (QED) is 0.785. The van der Waals surface area contributed by atoms with Crippen molar-refractivity contribution >= 4 is 11.8 Å². The van der Waals surface area contributed by atoms with Crippen molar-refractivity contribution in [3.8, 4) is 0 Å². The molecule has 5 nitrogen and oxygen atoms in total. The van der Waals surface area contributed by atoms with E-state index < -0.39 is 6.04 Å². The number of carbonyl (C=O) groups is 2. The highest BCUT2D eigenvalue weighted by Crippen LogP contribution is 2.61. The minimum Gasteiger partial charge on any atom is -0.340 e. The number of aryl methyl sites for hydroxylation is 1. The molecule has 0 saturated heterocycles. The molecule has 4 aliphatic carbocycles. The van der Waals surface area contributed by atoms with E-state index in [1.165, 1.54) is 19.3 Å². The second kappa shape index (κ2) is 6.93. The first-order valence-corrected chi connectivity index (χ1v) is 10.2. The molecule has 1 aromatic rings. The molecular weight excluding hydrogens is 338 g/mol. The molecular formula is C22H31N3O2. The van der Waals surface area contributed by atoms with Gasteiger partial charge in [-0.3, -0.25) is 15.0 Å². The van der Waals surface area contributed by atoms with Gasteiger partial charge in [0, 0.05) is 25.1 Å². The van der Waals surface area contributed by atoms with Crippen LogP contribution in [0.4, 0.5) is 0 Å². The van der Waals surface area contributed by atoms with Crippen LogP contribution in [-0.2, 0) is 4.79 Å². The Labute approximate surface area is 161 Å². The summed E-state index contributed by atoms with van der Waals surface area (Å²) in [5.74, 6) is 1.94. The summed E-state index contributed by atoms with van der Waals surface area (Å²) in [6, 6.07) is 7.08.